The number of nitrogens with zero attached hydrogens (tertiary/aromatic N) is 1. The van der Waals surface area contributed by atoms with E-state index < -0.39 is 17.6 Å². The minimum absolute atomic E-state index is 0.134. The number of amides is 2. The molecule has 2 amide bonds. The molecule has 7 nitrogen and oxygen atoms in total. The van der Waals surface area contributed by atoms with Crippen LogP contribution in [0.2, 0.25) is 0 Å². The van der Waals surface area contributed by atoms with Crippen molar-refractivity contribution in [3.8, 4) is 11.1 Å². The summed E-state index contributed by atoms with van der Waals surface area (Å²) in [5.74, 6) is -0.426. The number of nitrogens with one attached hydrogen (secondary N) is 2. The molecule has 0 bridgehead atoms. The number of aromatic amines is 1. The summed E-state index contributed by atoms with van der Waals surface area (Å²) >= 11 is 0. The first kappa shape index (κ1) is 20.4. The molecule has 0 aliphatic heterocycles. The van der Waals surface area contributed by atoms with Gasteiger partial charge in [-0.3, -0.25) is 9.89 Å². The van der Waals surface area contributed by atoms with Crippen molar-refractivity contribution < 1.29 is 14.3 Å². The Bertz CT molecular complexity index is 1030. The quantitative estimate of drug-likeness (QED) is 0.608. The zero-order valence-electron chi connectivity index (χ0n) is 17.1. The zero-order valence-corrected chi connectivity index (χ0v) is 17.1. The van der Waals surface area contributed by atoms with E-state index >= 15 is 0 Å². The normalized spacial score (nSPS) is 12.6. The molecule has 0 aliphatic carbocycles. The summed E-state index contributed by atoms with van der Waals surface area (Å²) in [5, 5.41) is 10.3. The summed E-state index contributed by atoms with van der Waals surface area (Å²) in [7, 11) is 0. The molecule has 0 radical (unpaired) electrons. The molecular weight excluding hydrogens is 368 g/mol. The van der Waals surface area contributed by atoms with Crippen molar-refractivity contribution in [2.45, 2.75) is 39.2 Å². The van der Waals surface area contributed by atoms with Gasteiger partial charge in [0.05, 0.1) is 5.52 Å². The van der Waals surface area contributed by atoms with Crippen molar-refractivity contribution in [1.82, 2.24) is 15.5 Å². The van der Waals surface area contributed by atoms with Crippen LogP contribution < -0.4 is 11.1 Å². The highest BCUT2D eigenvalue weighted by Gasteiger charge is 2.17. The van der Waals surface area contributed by atoms with Gasteiger partial charge in [0.2, 0.25) is 0 Å². The molecule has 0 spiro atoms. The van der Waals surface area contributed by atoms with Gasteiger partial charge < -0.3 is 15.8 Å². The maximum atomic E-state index is 11.8. The number of primary amides is 1. The number of nitrogens with two attached hydrogens (primary N) is 1. The second-order valence-corrected chi connectivity index (χ2v) is 8.10. The summed E-state index contributed by atoms with van der Waals surface area (Å²) in [5.41, 5.74) is 8.96. The molecule has 0 fully saturated rings. The Kier molecular flexibility index (Phi) is 5.59. The van der Waals surface area contributed by atoms with E-state index in [1.165, 1.54) is 0 Å². The second-order valence-electron chi connectivity index (χ2n) is 8.10. The number of hydrogen-bond acceptors (Lipinski definition) is 4. The van der Waals surface area contributed by atoms with Gasteiger partial charge in [-0.25, -0.2) is 4.79 Å². The van der Waals surface area contributed by atoms with Crippen molar-refractivity contribution in [1.29, 1.82) is 0 Å². The number of carbonyl (C=O) groups is 2. The van der Waals surface area contributed by atoms with Gasteiger partial charge in [-0.1, -0.05) is 37.3 Å². The molecule has 1 heterocycles. The van der Waals surface area contributed by atoms with E-state index in [0.29, 0.717) is 11.9 Å². The fourth-order valence-corrected chi connectivity index (χ4v) is 3.05. The SMILES string of the molecule is CC(CNC(=O)OC(C)(C)C)c1ccc(-c2ccc3[nH]nc(C(N)=O)c3c2)cc1. The molecule has 7 heteroatoms. The smallest absolute Gasteiger partial charge is 0.407 e. The third-order valence-corrected chi connectivity index (χ3v) is 4.56. The van der Waals surface area contributed by atoms with E-state index in [1.54, 1.807) is 0 Å². The van der Waals surface area contributed by atoms with E-state index in [9.17, 15) is 9.59 Å². The fraction of sp³-hybridized carbons (Fsp3) is 0.318. The predicted molar refractivity (Wildman–Crippen MR) is 113 cm³/mol. The van der Waals surface area contributed by atoms with Gasteiger partial charge in [0.25, 0.3) is 5.91 Å². The van der Waals surface area contributed by atoms with Gasteiger partial charge in [0, 0.05) is 11.9 Å². The maximum Gasteiger partial charge on any atom is 0.407 e. The van der Waals surface area contributed by atoms with Crippen LogP contribution in [0.1, 0.15) is 49.7 Å². The molecular formula is C22H26N4O3. The van der Waals surface area contributed by atoms with Gasteiger partial charge in [-0.2, -0.15) is 5.10 Å². The zero-order chi connectivity index (χ0) is 21.2. The van der Waals surface area contributed by atoms with Crippen LogP contribution in [0.5, 0.6) is 0 Å². The molecule has 1 atom stereocenters. The van der Waals surface area contributed by atoms with Crippen molar-refractivity contribution in [2.75, 3.05) is 6.54 Å². The molecule has 1 unspecified atom stereocenters. The highest BCUT2D eigenvalue weighted by Crippen LogP contribution is 2.27. The van der Waals surface area contributed by atoms with Crippen molar-refractivity contribution >= 4 is 22.9 Å². The Morgan fingerprint density at radius 3 is 2.41 bits per heavy atom. The van der Waals surface area contributed by atoms with Crippen molar-refractivity contribution in [3.63, 3.8) is 0 Å². The number of fused-ring (bicyclic) bond motifs is 1. The highest BCUT2D eigenvalue weighted by atomic mass is 16.6. The summed E-state index contributed by atoms with van der Waals surface area (Å²) in [6.07, 6.45) is -0.417. The lowest BCUT2D eigenvalue weighted by Gasteiger charge is -2.21. The number of rotatable bonds is 5. The first-order valence-electron chi connectivity index (χ1n) is 9.49. The lowest BCUT2D eigenvalue weighted by Crippen LogP contribution is -2.34. The number of hydrogen-bond donors (Lipinski definition) is 3. The number of aromatic nitrogens is 2. The topological polar surface area (TPSA) is 110 Å². The summed E-state index contributed by atoms with van der Waals surface area (Å²) in [6, 6.07) is 13.9. The van der Waals surface area contributed by atoms with E-state index in [2.05, 4.69) is 15.5 Å². The monoisotopic (exact) mass is 394 g/mol. The van der Waals surface area contributed by atoms with E-state index in [1.807, 2.05) is 70.2 Å². The molecule has 2 aromatic carbocycles. The Morgan fingerprint density at radius 1 is 1.14 bits per heavy atom. The van der Waals surface area contributed by atoms with Crippen LogP contribution in [-0.2, 0) is 4.74 Å². The third kappa shape index (κ3) is 4.93. The molecule has 29 heavy (non-hydrogen) atoms. The lowest BCUT2D eigenvalue weighted by molar-refractivity contribution is 0.0525. The molecule has 3 rings (SSSR count). The largest absolute Gasteiger partial charge is 0.444 e. The Labute approximate surface area is 169 Å². The van der Waals surface area contributed by atoms with Crippen LogP contribution in [0.25, 0.3) is 22.0 Å². The Balaban J connectivity index is 1.71. The molecule has 4 N–H and O–H groups in total. The molecule has 1 aromatic heterocycles. The Hall–Kier alpha value is -3.35. The predicted octanol–water partition coefficient (Wildman–Crippen LogP) is 3.96. The van der Waals surface area contributed by atoms with E-state index in [4.69, 9.17) is 10.5 Å². The number of benzene rings is 2. The number of carbonyl (C=O) groups excluding carboxylic acids is 2. The molecule has 0 saturated heterocycles. The fourth-order valence-electron chi connectivity index (χ4n) is 3.05. The first-order valence-corrected chi connectivity index (χ1v) is 9.49. The maximum absolute atomic E-state index is 11.8. The minimum atomic E-state index is -0.560. The van der Waals surface area contributed by atoms with Gasteiger partial charge in [-0.05, 0) is 55.5 Å². The van der Waals surface area contributed by atoms with Gasteiger partial charge in [0.1, 0.15) is 5.60 Å². The number of ether oxygens (including phenoxy) is 1. The van der Waals surface area contributed by atoms with Crippen LogP contribution in [0.3, 0.4) is 0 Å². The lowest BCUT2D eigenvalue weighted by atomic mass is 9.97. The van der Waals surface area contributed by atoms with Crippen molar-refractivity contribution in [2.24, 2.45) is 5.73 Å². The molecule has 152 valence electrons. The van der Waals surface area contributed by atoms with Crippen LogP contribution in [0.4, 0.5) is 4.79 Å². The molecule has 0 aliphatic rings. The summed E-state index contributed by atoms with van der Waals surface area (Å²) in [6.45, 7) is 8.03. The third-order valence-electron chi connectivity index (χ3n) is 4.56. The van der Waals surface area contributed by atoms with Crippen LogP contribution in [-0.4, -0.2) is 34.3 Å². The van der Waals surface area contributed by atoms with Crippen molar-refractivity contribution in [3.05, 3.63) is 53.7 Å². The van der Waals surface area contributed by atoms with Crippen LogP contribution >= 0.6 is 0 Å². The molecule has 0 saturated carbocycles. The standard InChI is InChI=1S/C22H26N4O3/c1-13(12-24-21(28)29-22(2,3)4)14-5-7-15(8-6-14)16-9-10-18-17(11-16)19(20(23)27)26-25-18/h5-11,13H,12H2,1-4H3,(H2,23,27)(H,24,28)(H,25,26). The molecule has 3 aromatic rings. The second kappa shape index (κ2) is 7.95. The van der Waals surface area contributed by atoms with E-state index in [-0.39, 0.29) is 11.6 Å². The number of H-pyrrole nitrogens is 1. The van der Waals surface area contributed by atoms with Gasteiger partial charge in [-0.15, -0.1) is 0 Å². The van der Waals surface area contributed by atoms with Crippen LogP contribution in [0, 0.1) is 0 Å². The number of alkyl carbamates (subject to hydrolysis) is 1. The summed E-state index contributed by atoms with van der Waals surface area (Å²) in [4.78, 5) is 23.4. The first-order chi connectivity index (χ1) is 13.6. The van der Waals surface area contributed by atoms with Crippen LogP contribution in [0.15, 0.2) is 42.5 Å². The Morgan fingerprint density at radius 2 is 1.79 bits per heavy atom. The summed E-state index contributed by atoms with van der Waals surface area (Å²) < 4.78 is 5.27. The van der Waals surface area contributed by atoms with Gasteiger partial charge >= 0.3 is 6.09 Å². The average Bonchev–Trinajstić information content (AvgIpc) is 3.08. The van der Waals surface area contributed by atoms with E-state index in [0.717, 1.165) is 22.2 Å². The average molecular weight is 394 g/mol. The minimum Gasteiger partial charge on any atom is -0.444 e. The van der Waals surface area contributed by atoms with Gasteiger partial charge in [0.15, 0.2) is 5.69 Å². The highest BCUT2D eigenvalue weighted by molar-refractivity contribution is 6.04.